The number of para-hydroxylation sites is 1. The number of rotatable bonds is 6. The maximum atomic E-state index is 12.4. The van der Waals surface area contributed by atoms with Crippen molar-refractivity contribution in [1.29, 1.82) is 0 Å². The molecule has 0 spiro atoms. The monoisotopic (exact) mass is 279 g/mol. The zero-order valence-electron chi connectivity index (χ0n) is 11.6. The van der Waals surface area contributed by atoms with Crippen LogP contribution in [0.3, 0.4) is 0 Å². The van der Waals surface area contributed by atoms with Crippen molar-refractivity contribution in [1.82, 2.24) is 4.98 Å². The summed E-state index contributed by atoms with van der Waals surface area (Å²) >= 11 is 0. The molecule has 0 amide bonds. The van der Waals surface area contributed by atoms with Gasteiger partial charge in [-0.05, 0) is 17.5 Å². The van der Waals surface area contributed by atoms with Gasteiger partial charge in [-0.15, -0.1) is 0 Å². The van der Waals surface area contributed by atoms with Crippen LogP contribution in [-0.4, -0.2) is 16.0 Å². The third-order valence-electron chi connectivity index (χ3n) is 3.47. The number of hydrogen-bond donors (Lipinski definition) is 2. The Morgan fingerprint density at radius 3 is 2.84 bits per heavy atom. The van der Waals surface area contributed by atoms with Gasteiger partial charge in [0.2, 0.25) is 7.37 Å². The second-order valence-corrected chi connectivity index (χ2v) is 7.81. The maximum absolute atomic E-state index is 12.4. The largest absolute Gasteiger partial charge is 0.361 e. The molecule has 0 saturated heterocycles. The lowest BCUT2D eigenvalue weighted by Gasteiger charge is -2.16. The molecule has 0 fully saturated rings. The highest BCUT2D eigenvalue weighted by atomic mass is 31.2. The molecule has 3 nitrogen and oxygen atoms in total. The predicted molar refractivity (Wildman–Crippen MR) is 80.8 cm³/mol. The third-order valence-corrected chi connectivity index (χ3v) is 5.50. The van der Waals surface area contributed by atoms with Gasteiger partial charge in [-0.1, -0.05) is 44.9 Å². The summed E-state index contributed by atoms with van der Waals surface area (Å²) in [5, 5.41) is 1.06. The summed E-state index contributed by atoms with van der Waals surface area (Å²) in [5.74, 6) is 0.311. The summed E-state index contributed by atoms with van der Waals surface area (Å²) in [6.07, 6.45) is 4.62. The Morgan fingerprint density at radius 1 is 1.37 bits per heavy atom. The highest BCUT2D eigenvalue weighted by Gasteiger charge is 2.23. The lowest BCUT2D eigenvalue weighted by Crippen LogP contribution is -2.03. The molecule has 0 radical (unpaired) electrons. The molecule has 0 aliphatic rings. The van der Waals surface area contributed by atoms with Crippen LogP contribution in [0.15, 0.2) is 30.5 Å². The second kappa shape index (κ2) is 5.94. The SMILES string of the molecule is CCCC(C)CP(=O)(O)Cc1c[nH]c2ccccc12. The van der Waals surface area contributed by atoms with E-state index in [0.29, 0.717) is 12.1 Å². The van der Waals surface area contributed by atoms with Crippen molar-refractivity contribution in [3.8, 4) is 0 Å². The molecule has 19 heavy (non-hydrogen) atoms. The van der Waals surface area contributed by atoms with Gasteiger partial charge in [0.25, 0.3) is 0 Å². The molecule has 2 aromatic rings. The molecule has 0 aliphatic carbocycles. The van der Waals surface area contributed by atoms with E-state index in [4.69, 9.17) is 0 Å². The van der Waals surface area contributed by atoms with Crippen molar-refractivity contribution >= 4 is 18.3 Å². The first kappa shape index (κ1) is 14.4. The van der Waals surface area contributed by atoms with Gasteiger partial charge in [-0.3, -0.25) is 4.57 Å². The Balaban J connectivity index is 2.13. The van der Waals surface area contributed by atoms with Crippen molar-refractivity contribution < 1.29 is 9.46 Å². The van der Waals surface area contributed by atoms with Crippen LogP contribution in [0.5, 0.6) is 0 Å². The van der Waals surface area contributed by atoms with E-state index in [1.165, 1.54) is 0 Å². The third kappa shape index (κ3) is 3.71. The number of fused-ring (bicyclic) bond motifs is 1. The van der Waals surface area contributed by atoms with Crippen LogP contribution in [0, 0.1) is 5.92 Å². The van der Waals surface area contributed by atoms with E-state index in [2.05, 4.69) is 18.8 Å². The molecular weight excluding hydrogens is 257 g/mol. The highest BCUT2D eigenvalue weighted by Crippen LogP contribution is 2.47. The smallest absolute Gasteiger partial charge is 0.205 e. The Hall–Kier alpha value is -1.05. The summed E-state index contributed by atoms with van der Waals surface area (Å²) in [4.78, 5) is 13.3. The van der Waals surface area contributed by atoms with E-state index < -0.39 is 7.37 Å². The Kier molecular flexibility index (Phi) is 4.49. The van der Waals surface area contributed by atoms with Crippen molar-refractivity contribution in [3.05, 3.63) is 36.0 Å². The van der Waals surface area contributed by atoms with Gasteiger partial charge < -0.3 is 9.88 Å². The summed E-state index contributed by atoms with van der Waals surface area (Å²) in [6, 6.07) is 7.91. The first-order chi connectivity index (χ1) is 9.02. The molecule has 4 heteroatoms. The number of hydrogen-bond acceptors (Lipinski definition) is 1. The van der Waals surface area contributed by atoms with Crippen LogP contribution < -0.4 is 0 Å². The Labute approximate surface area is 114 Å². The van der Waals surface area contributed by atoms with E-state index >= 15 is 0 Å². The topological polar surface area (TPSA) is 53.1 Å². The zero-order chi connectivity index (χ0) is 13.9. The molecule has 2 atom stereocenters. The number of aromatic amines is 1. The number of nitrogens with one attached hydrogen (secondary N) is 1. The van der Waals surface area contributed by atoms with E-state index in [9.17, 15) is 9.46 Å². The van der Waals surface area contributed by atoms with E-state index in [-0.39, 0.29) is 6.16 Å². The Morgan fingerprint density at radius 2 is 2.11 bits per heavy atom. The van der Waals surface area contributed by atoms with Gasteiger partial charge in [0.1, 0.15) is 0 Å². The van der Waals surface area contributed by atoms with Crippen LogP contribution in [0.2, 0.25) is 0 Å². The van der Waals surface area contributed by atoms with Crippen molar-refractivity contribution in [3.63, 3.8) is 0 Å². The van der Waals surface area contributed by atoms with Crippen LogP contribution in [0.25, 0.3) is 10.9 Å². The van der Waals surface area contributed by atoms with Gasteiger partial charge in [0, 0.05) is 23.3 Å². The van der Waals surface area contributed by atoms with Crippen LogP contribution in [-0.2, 0) is 10.7 Å². The fraction of sp³-hybridized carbons (Fsp3) is 0.467. The van der Waals surface area contributed by atoms with E-state index in [1.807, 2.05) is 30.5 Å². The minimum absolute atomic E-state index is 0.269. The fourth-order valence-corrected chi connectivity index (χ4v) is 4.74. The van der Waals surface area contributed by atoms with Crippen molar-refractivity contribution in [2.45, 2.75) is 32.9 Å². The molecule has 2 rings (SSSR count). The van der Waals surface area contributed by atoms with Gasteiger partial charge in [-0.2, -0.15) is 0 Å². The quantitative estimate of drug-likeness (QED) is 0.771. The lowest BCUT2D eigenvalue weighted by molar-refractivity contribution is 0.457. The molecule has 1 aromatic carbocycles. The summed E-state index contributed by atoms with van der Waals surface area (Å²) in [7, 11) is -3.09. The first-order valence-electron chi connectivity index (χ1n) is 6.87. The fourth-order valence-electron chi connectivity index (χ4n) is 2.66. The van der Waals surface area contributed by atoms with Crippen LogP contribution in [0.1, 0.15) is 32.3 Å². The number of aromatic nitrogens is 1. The average Bonchev–Trinajstić information content (AvgIpc) is 2.72. The van der Waals surface area contributed by atoms with Crippen molar-refractivity contribution in [2.75, 3.05) is 6.16 Å². The average molecular weight is 279 g/mol. The molecule has 1 aromatic heterocycles. The first-order valence-corrected chi connectivity index (χ1v) is 8.90. The Bertz CT molecular complexity index is 591. The molecule has 2 unspecified atom stereocenters. The van der Waals surface area contributed by atoms with Crippen LogP contribution in [0.4, 0.5) is 0 Å². The summed E-state index contributed by atoms with van der Waals surface area (Å²) in [6.45, 7) is 4.17. The van der Waals surface area contributed by atoms with Gasteiger partial charge in [-0.25, -0.2) is 0 Å². The number of H-pyrrole nitrogens is 1. The highest BCUT2D eigenvalue weighted by molar-refractivity contribution is 7.57. The normalized spacial score (nSPS) is 16.4. The van der Waals surface area contributed by atoms with E-state index in [0.717, 1.165) is 29.3 Å². The summed E-state index contributed by atoms with van der Waals surface area (Å²) < 4.78 is 12.4. The van der Waals surface area contributed by atoms with Gasteiger partial charge in [0.05, 0.1) is 6.16 Å². The predicted octanol–water partition coefficient (Wildman–Crippen LogP) is 4.37. The van der Waals surface area contributed by atoms with Crippen LogP contribution >= 0.6 is 7.37 Å². The molecule has 2 N–H and O–H groups in total. The van der Waals surface area contributed by atoms with Gasteiger partial charge >= 0.3 is 0 Å². The molecular formula is C15H22NO2P. The minimum atomic E-state index is -3.09. The van der Waals surface area contributed by atoms with Gasteiger partial charge in [0.15, 0.2) is 0 Å². The molecule has 0 bridgehead atoms. The standard InChI is InChI=1S/C15H22NO2P/c1-3-6-12(2)10-19(17,18)11-13-9-16-15-8-5-4-7-14(13)15/h4-5,7-9,12,16H,3,6,10-11H2,1-2H3,(H,17,18). The number of benzene rings is 1. The molecule has 104 valence electrons. The molecule has 0 aliphatic heterocycles. The molecule has 0 saturated carbocycles. The lowest BCUT2D eigenvalue weighted by atomic mass is 10.1. The molecule has 1 heterocycles. The maximum Gasteiger partial charge on any atom is 0.205 e. The summed E-state index contributed by atoms with van der Waals surface area (Å²) in [5.41, 5.74) is 1.98. The minimum Gasteiger partial charge on any atom is -0.361 e. The van der Waals surface area contributed by atoms with Crippen molar-refractivity contribution in [2.24, 2.45) is 5.92 Å². The second-order valence-electron chi connectivity index (χ2n) is 5.44. The zero-order valence-corrected chi connectivity index (χ0v) is 12.5. The van der Waals surface area contributed by atoms with E-state index in [1.54, 1.807) is 0 Å².